The van der Waals surface area contributed by atoms with Crippen molar-refractivity contribution in [2.45, 2.75) is 177 Å². The van der Waals surface area contributed by atoms with Crippen molar-refractivity contribution in [3.05, 3.63) is 155 Å². The molecule has 1 fully saturated rings. The fraction of sp³-hybridized carbons (Fsp3) is 0.492. The van der Waals surface area contributed by atoms with Gasteiger partial charge in [0.15, 0.2) is 0 Å². The molecule has 3 aromatic carbocycles. The molecule has 4 heteroatoms. The van der Waals surface area contributed by atoms with E-state index in [0.29, 0.717) is 17.8 Å². The van der Waals surface area contributed by atoms with Gasteiger partial charge >= 0.3 is 0 Å². The highest BCUT2D eigenvalue weighted by Crippen LogP contribution is 2.57. The first-order valence-corrected chi connectivity index (χ1v) is 25.9. The van der Waals surface area contributed by atoms with Crippen LogP contribution < -0.4 is 21.3 Å². The van der Waals surface area contributed by atoms with Crippen molar-refractivity contribution in [3.8, 4) is 0 Å². The van der Waals surface area contributed by atoms with Gasteiger partial charge in [-0.1, -0.05) is 170 Å². The van der Waals surface area contributed by atoms with Crippen LogP contribution in [0.5, 0.6) is 0 Å². The number of furan rings is 1. The normalized spacial score (nSPS) is 21.5. The summed E-state index contributed by atoms with van der Waals surface area (Å²) in [6.07, 6.45) is 24.5. The highest BCUT2D eigenvalue weighted by atomic mass is 16.3. The maximum absolute atomic E-state index is 7.00. The predicted molar refractivity (Wildman–Crippen MR) is 293 cm³/mol. The van der Waals surface area contributed by atoms with Crippen molar-refractivity contribution in [1.82, 2.24) is 5.32 Å². The van der Waals surface area contributed by atoms with Crippen molar-refractivity contribution < 1.29 is 4.42 Å². The Kier molecular flexibility index (Phi) is 14.5. The molecule has 4 aromatic rings. The minimum absolute atomic E-state index is 0.0131. The van der Waals surface area contributed by atoms with Gasteiger partial charge < -0.3 is 14.6 Å². The van der Waals surface area contributed by atoms with Crippen molar-refractivity contribution >= 4 is 40.6 Å². The van der Waals surface area contributed by atoms with Crippen LogP contribution in [0, 0.1) is 22.7 Å². The van der Waals surface area contributed by atoms with Gasteiger partial charge in [0.2, 0.25) is 7.28 Å². The minimum Gasteiger partial charge on any atom is -0.472 e. The van der Waals surface area contributed by atoms with Gasteiger partial charge in [-0.05, 0) is 178 Å². The molecule has 3 nitrogen and oxygen atoms in total. The molecule has 0 aliphatic heterocycles. The van der Waals surface area contributed by atoms with Gasteiger partial charge in [0.05, 0.1) is 5.66 Å². The molecule has 355 valence electrons. The summed E-state index contributed by atoms with van der Waals surface area (Å²) in [6, 6.07) is 23.4. The number of anilines is 1. The van der Waals surface area contributed by atoms with Gasteiger partial charge in [0.1, 0.15) is 5.58 Å². The summed E-state index contributed by atoms with van der Waals surface area (Å²) >= 11 is 0. The predicted octanol–water partition coefficient (Wildman–Crippen LogP) is 16.4. The van der Waals surface area contributed by atoms with Crippen molar-refractivity contribution in [3.63, 3.8) is 0 Å². The van der Waals surface area contributed by atoms with Crippen LogP contribution >= 0.6 is 0 Å². The van der Waals surface area contributed by atoms with Gasteiger partial charge in [-0.3, -0.25) is 0 Å². The molecule has 0 saturated heterocycles. The zero-order chi connectivity index (χ0) is 48.7. The zero-order valence-electron chi connectivity index (χ0n) is 44.3. The Morgan fingerprint density at radius 3 is 2.09 bits per heavy atom. The zero-order valence-corrected chi connectivity index (χ0v) is 44.3. The Morgan fingerprint density at radius 2 is 1.51 bits per heavy atom. The van der Waals surface area contributed by atoms with Crippen LogP contribution in [0.3, 0.4) is 0 Å². The molecule has 8 rings (SSSR count). The Hall–Kier alpha value is -4.70. The second-order valence-electron chi connectivity index (χ2n) is 24.2. The quantitative estimate of drug-likeness (QED) is 0.0846. The molecule has 4 aliphatic carbocycles. The van der Waals surface area contributed by atoms with Crippen LogP contribution in [0.1, 0.15) is 189 Å². The van der Waals surface area contributed by atoms with E-state index in [1.165, 1.54) is 75.7 Å². The second kappa shape index (κ2) is 19.4. The largest absolute Gasteiger partial charge is 0.472 e. The lowest BCUT2D eigenvalue weighted by atomic mass is 9.52. The number of nitrogens with zero attached hydrogens (tertiary/aromatic N) is 1. The molecule has 1 atom stereocenters. The van der Waals surface area contributed by atoms with Crippen LogP contribution in [-0.2, 0) is 16.2 Å². The van der Waals surface area contributed by atoms with E-state index in [2.05, 4.69) is 225 Å². The number of hydrogen-bond acceptors (Lipinski definition) is 3. The first-order chi connectivity index (χ1) is 31.5. The van der Waals surface area contributed by atoms with E-state index < -0.39 is 0 Å². The van der Waals surface area contributed by atoms with E-state index in [4.69, 9.17) is 4.42 Å². The molecule has 1 unspecified atom stereocenters. The van der Waals surface area contributed by atoms with Gasteiger partial charge in [-0.15, -0.1) is 0 Å². The Balaban J connectivity index is 1.51. The Labute approximate surface area is 408 Å². The highest BCUT2D eigenvalue weighted by Gasteiger charge is 2.48. The SMILES string of the molecule is C=C/C=C(\C=C\N(C1=C(c2ccccc2)CC(C(C)C)C(C(C)(C)CC)=C1)c1cc(C(C)C)c(C(C)(C)CC)cc1[B]c1cc2cc3c(cc2o1)C1(C)CCC3(C)CC1)N/C=C/CC(C)(C)C. The van der Waals surface area contributed by atoms with Crippen LogP contribution in [0.25, 0.3) is 16.5 Å². The number of nitrogens with one attached hydrogen (secondary N) is 1. The van der Waals surface area contributed by atoms with Crippen LogP contribution in [-0.4, -0.2) is 7.28 Å². The van der Waals surface area contributed by atoms with E-state index in [0.717, 1.165) is 53.8 Å². The van der Waals surface area contributed by atoms with Gasteiger partial charge in [-0.2, -0.15) is 0 Å². The van der Waals surface area contributed by atoms with Crippen molar-refractivity contribution in [2.24, 2.45) is 22.7 Å². The molecule has 1 saturated carbocycles. The molecule has 0 amide bonds. The molecule has 0 spiro atoms. The Morgan fingerprint density at radius 1 is 0.866 bits per heavy atom. The molecular formula is C63H84BN2O. The van der Waals surface area contributed by atoms with E-state index in [9.17, 15) is 0 Å². The molecule has 1 N–H and O–H groups in total. The molecular weight excluding hydrogens is 812 g/mol. The van der Waals surface area contributed by atoms with E-state index in [1.807, 2.05) is 6.08 Å². The van der Waals surface area contributed by atoms with Crippen molar-refractivity contribution in [2.75, 3.05) is 4.90 Å². The molecule has 67 heavy (non-hydrogen) atoms. The summed E-state index contributed by atoms with van der Waals surface area (Å²) in [5.74, 6) is 1.21. The molecule has 2 bridgehead atoms. The van der Waals surface area contributed by atoms with Crippen molar-refractivity contribution in [1.29, 1.82) is 0 Å². The topological polar surface area (TPSA) is 28.4 Å². The van der Waals surface area contributed by atoms with Gasteiger partial charge in [-0.25, -0.2) is 0 Å². The monoisotopic (exact) mass is 896 g/mol. The molecule has 1 aromatic heterocycles. The molecule has 4 aliphatic rings. The van der Waals surface area contributed by atoms with Gasteiger partial charge in [0, 0.05) is 28.7 Å². The summed E-state index contributed by atoms with van der Waals surface area (Å²) in [5.41, 5.74) is 17.0. The number of rotatable bonds is 17. The summed E-state index contributed by atoms with van der Waals surface area (Å²) in [4.78, 5) is 2.52. The highest BCUT2D eigenvalue weighted by molar-refractivity contribution is 6.68. The third-order valence-corrected chi connectivity index (χ3v) is 16.5. The minimum atomic E-state index is -0.0380. The average molecular weight is 896 g/mol. The lowest BCUT2D eigenvalue weighted by Gasteiger charge is -2.52. The third-order valence-electron chi connectivity index (χ3n) is 16.5. The van der Waals surface area contributed by atoms with E-state index in [-0.39, 0.29) is 27.1 Å². The summed E-state index contributed by atoms with van der Waals surface area (Å²) in [6.45, 7) is 39.9. The summed E-state index contributed by atoms with van der Waals surface area (Å²) < 4.78 is 7.00. The van der Waals surface area contributed by atoms with E-state index >= 15 is 0 Å². The number of benzene rings is 3. The first-order valence-electron chi connectivity index (χ1n) is 25.9. The van der Waals surface area contributed by atoms with Crippen LogP contribution in [0.15, 0.2) is 131 Å². The third kappa shape index (κ3) is 10.5. The average Bonchev–Trinajstić information content (AvgIpc) is 3.69. The lowest BCUT2D eigenvalue weighted by Crippen LogP contribution is -2.44. The number of allylic oxidation sites excluding steroid dienone is 7. The second-order valence-corrected chi connectivity index (χ2v) is 24.2. The molecule has 1 radical (unpaired) electrons. The van der Waals surface area contributed by atoms with Crippen LogP contribution in [0.2, 0.25) is 0 Å². The fourth-order valence-corrected chi connectivity index (χ4v) is 11.1. The van der Waals surface area contributed by atoms with Crippen LogP contribution in [0.4, 0.5) is 5.69 Å². The maximum Gasteiger partial charge on any atom is 0.243 e. The summed E-state index contributed by atoms with van der Waals surface area (Å²) in [7, 11) is 2.34. The smallest absolute Gasteiger partial charge is 0.243 e. The number of hydrogen-bond donors (Lipinski definition) is 1. The maximum atomic E-state index is 7.00. The first kappa shape index (κ1) is 50.2. The molecule has 1 heterocycles. The number of fused-ring (bicyclic) bond motifs is 3. The Bertz CT molecular complexity index is 2530. The summed E-state index contributed by atoms with van der Waals surface area (Å²) in [5, 5.41) is 4.83. The van der Waals surface area contributed by atoms with E-state index in [1.54, 1.807) is 0 Å². The lowest BCUT2D eigenvalue weighted by molar-refractivity contribution is 0.188. The fourth-order valence-electron chi connectivity index (χ4n) is 11.1. The van der Waals surface area contributed by atoms with Gasteiger partial charge in [0.25, 0.3) is 0 Å². The standard InChI is InChI=1S/C63H84BN2O/c1-17-24-46(65-33-23-28-59(8,9)10)27-34-66(55-40-51(61(13,14)19-3)47(42(4)5)37-49(55)44-25-21-20-22-26-44)56-38-48(43(6)7)50(60(11,12)18-2)39-54(56)64-58-36-45-35-52-53(41-57(45)67-58)63(16)31-29-62(52,15)30-32-63/h17,20-27,33-36,38-43,47,65H,1,18-19,28-32,37H2,2-16H3/b33-23+,34-27+,46-24+.